The Kier molecular flexibility index (Phi) is 10.1. The average Bonchev–Trinajstić information content (AvgIpc) is 3.00. The second-order valence-electron chi connectivity index (χ2n) is 10.8. The van der Waals surface area contributed by atoms with Crippen LogP contribution < -0.4 is 23.7 Å². The van der Waals surface area contributed by atoms with E-state index in [0.717, 1.165) is 43.1 Å². The van der Waals surface area contributed by atoms with Gasteiger partial charge in [-0.15, -0.1) is 13.2 Å². The monoisotopic (exact) mass is 663 g/mol. The van der Waals surface area contributed by atoms with E-state index < -0.39 is 32.8 Å². The number of nitrogens with zero attached hydrogens (tertiary/aromatic N) is 2. The van der Waals surface area contributed by atoms with E-state index in [-0.39, 0.29) is 17.3 Å². The van der Waals surface area contributed by atoms with E-state index in [1.54, 1.807) is 25.3 Å². The van der Waals surface area contributed by atoms with Gasteiger partial charge in [-0.25, -0.2) is 17.8 Å². The van der Waals surface area contributed by atoms with Gasteiger partial charge in [-0.05, 0) is 69.1 Å². The second kappa shape index (κ2) is 14.0. The Morgan fingerprint density at radius 1 is 0.978 bits per heavy atom. The molecule has 4 aromatic rings. The van der Waals surface area contributed by atoms with Crippen LogP contribution in [0.3, 0.4) is 0 Å². The Bertz CT molecular complexity index is 1790. The van der Waals surface area contributed by atoms with Gasteiger partial charge in [0.1, 0.15) is 10.6 Å². The zero-order chi connectivity index (χ0) is 32.9. The van der Waals surface area contributed by atoms with Crippen molar-refractivity contribution >= 4 is 26.6 Å². The van der Waals surface area contributed by atoms with Crippen molar-refractivity contribution < 1.29 is 44.9 Å². The zero-order valence-electron chi connectivity index (χ0n) is 25.1. The number of anilines is 1. The molecule has 1 N–H and O–H groups in total. The summed E-state index contributed by atoms with van der Waals surface area (Å²) >= 11 is 0. The van der Waals surface area contributed by atoms with Crippen molar-refractivity contribution in [3.05, 3.63) is 72.5 Å². The zero-order valence-corrected chi connectivity index (χ0v) is 26.0. The number of methoxy groups -OCH3 is 1. The van der Waals surface area contributed by atoms with E-state index in [0.29, 0.717) is 29.7 Å². The first-order valence-electron chi connectivity index (χ1n) is 14.6. The van der Waals surface area contributed by atoms with Gasteiger partial charge in [0, 0.05) is 36.2 Å². The smallest absolute Gasteiger partial charge is 0.493 e. The number of halogens is 4. The van der Waals surface area contributed by atoms with Crippen LogP contribution in [0.1, 0.15) is 32.6 Å². The van der Waals surface area contributed by atoms with E-state index in [2.05, 4.69) is 26.3 Å². The molecule has 0 bridgehead atoms. The highest BCUT2D eigenvalue weighted by Gasteiger charge is 2.34. The SMILES string of the molecule is COc1cc2ccc(Oc3ccc(NS(=O)(=O)c4ccccc4OC(F)(F)F)cc3F)nc2cc1OCCCN1CCCCC1C. The van der Waals surface area contributed by atoms with Crippen LogP contribution >= 0.6 is 0 Å². The van der Waals surface area contributed by atoms with Crippen LogP contribution in [0.4, 0.5) is 23.2 Å². The summed E-state index contributed by atoms with van der Waals surface area (Å²) in [6.07, 6.45) is -0.572. The fourth-order valence-corrected chi connectivity index (χ4v) is 6.41. The topological polar surface area (TPSA) is 99.2 Å². The largest absolute Gasteiger partial charge is 0.573 e. The lowest BCUT2D eigenvalue weighted by molar-refractivity contribution is -0.275. The number of hydrogen-bond acceptors (Lipinski definition) is 8. The third-order valence-electron chi connectivity index (χ3n) is 7.50. The molecule has 0 saturated carbocycles. The lowest BCUT2D eigenvalue weighted by Crippen LogP contribution is -2.38. The number of piperidine rings is 1. The molecule has 1 aliphatic rings. The molecule has 0 spiro atoms. The average molecular weight is 664 g/mol. The van der Waals surface area contributed by atoms with Gasteiger partial charge >= 0.3 is 6.36 Å². The molecule has 2 heterocycles. The maximum absolute atomic E-state index is 15.0. The molecule has 0 amide bonds. The number of ether oxygens (including phenoxy) is 4. The fraction of sp³-hybridized carbons (Fsp3) is 0.344. The van der Waals surface area contributed by atoms with Crippen LogP contribution in [0.5, 0.6) is 28.9 Å². The van der Waals surface area contributed by atoms with Crippen LogP contribution in [0, 0.1) is 5.82 Å². The summed E-state index contributed by atoms with van der Waals surface area (Å²) in [6.45, 7) is 4.78. The van der Waals surface area contributed by atoms with Crippen LogP contribution in [0.25, 0.3) is 10.9 Å². The molecule has 1 fully saturated rings. The molecule has 3 aromatic carbocycles. The predicted octanol–water partition coefficient (Wildman–Crippen LogP) is 7.52. The standard InChI is InChI=1S/C32H33F4N3O6S/c1-21-8-5-6-15-39(21)16-7-17-43-29-20-25-22(18-28(29)42-2)11-14-31(37-25)44-26-13-12-23(19-24(26)33)38-46(40,41)30-10-4-3-9-27(30)45-32(34,35)36/h3-4,9-14,18-21,38H,5-8,15-17H2,1-2H3. The summed E-state index contributed by atoms with van der Waals surface area (Å²) in [7, 11) is -3.02. The highest BCUT2D eigenvalue weighted by Crippen LogP contribution is 2.35. The fourth-order valence-electron chi connectivity index (χ4n) is 5.23. The minimum atomic E-state index is -5.11. The number of fused-ring (bicyclic) bond motifs is 1. The van der Waals surface area contributed by atoms with Crippen LogP contribution in [-0.2, 0) is 10.0 Å². The molecule has 0 aliphatic carbocycles. The molecular weight excluding hydrogens is 630 g/mol. The molecule has 9 nitrogen and oxygen atoms in total. The Morgan fingerprint density at radius 2 is 1.78 bits per heavy atom. The molecule has 1 saturated heterocycles. The van der Waals surface area contributed by atoms with Gasteiger partial charge in [0.25, 0.3) is 10.0 Å². The van der Waals surface area contributed by atoms with Gasteiger partial charge in [0.15, 0.2) is 23.1 Å². The number of hydrogen-bond donors (Lipinski definition) is 1. The first-order valence-corrected chi connectivity index (χ1v) is 16.1. The van der Waals surface area contributed by atoms with E-state index in [4.69, 9.17) is 14.2 Å². The summed E-state index contributed by atoms with van der Waals surface area (Å²) in [4.78, 5) is 6.17. The minimum Gasteiger partial charge on any atom is -0.493 e. The van der Waals surface area contributed by atoms with Gasteiger partial charge in [-0.3, -0.25) is 4.72 Å². The Morgan fingerprint density at radius 3 is 2.52 bits per heavy atom. The first-order chi connectivity index (χ1) is 21.9. The number of alkyl halides is 3. The maximum atomic E-state index is 15.0. The first kappa shape index (κ1) is 33.1. The number of likely N-dealkylation sites (tertiary alicyclic amines) is 1. The van der Waals surface area contributed by atoms with Gasteiger partial charge in [-0.1, -0.05) is 18.6 Å². The van der Waals surface area contributed by atoms with E-state index in [1.807, 2.05) is 0 Å². The number of benzene rings is 3. The maximum Gasteiger partial charge on any atom is 0.573 e. The van der Waals surface area contributed by atoms with Gasteiger partial charge in [-0.2, -0.15) is 0 Å². The summed E-state index contributed by atoms with van der Waals surface area (Å²) in [5, 5.41) is 0.735. The highest BCUT2D eigenvalue weighted by atomic mass is 32.2. The van der Waals surface area contributed by atoms with Crippen molar-refractivity contribution in [2.24, 2.45) is 0 Å². The van der Waals surface area contributed by atoms with Crippen molar-refractivity contribution in [2.45, 2.75) is 49.9 Å². The molecule has 1 aromatic heterocycles. The van der Waals surface area contributed by atoms with E-state index in [1.165, 1.54) is 49.6 Å². The van der Waals surface area contributed by atoms with Crippen LogP contribution in [-0.4, -0.2) is 57.5 Å². The molecule has 1 unspecified atom stereocenters. The summed E-state index contributed by atoms with van der Waals surface area (Å²) in [5.41, 5.74) is 0.268. The van der Waals surface area contributed by atoms with Gasteiger partial charge < -0.3 is 23.8 Å². The van der Waals surface area contributed by atoms with Gasteiger partial charge in [0.05, 0.1) is 24.9 Å². The van der Waals surface area contributed by atoms with Crippen molar-refractivity contribution in [1.82, 2.24) is 9.88 Å². The second-order valence-corrected chi connectivity index (χ2v) is 12.4. The van der Waals surface area contributed by atoms with E-state index >= 15 is 4.39 Å². The molecule has 0 radical (unpaired) electrons. The number of nitrogens with one attached hydrogen (secondary N) is 1. The Hall–Kier alpha value is -4.30. The molecule has 1 aliphatic heterocycles. The summed E-state index contributed by atoms with van der Waals surface area (Å²) in [6, 6.07) is 14.8. The summed E-state index contributed by atoms with van der Waals surface area (Å²) < 4.78 is 102. The lowest BCUT2D eigenvalue weighted by Gasteiger charge is -2.33. The summed E-state index contributed by atoms with van der Waals surface area (Å²) in [5.74, 6) is -1.00. The predicted molar refractivity (Wildman–Crippen MR) is 164 cm³/mol. The number of para-hydroxylation sites is 1. The normalized spacial score (nSPS) is 15.8. The molecule has 246 valence electrons. The van der Waals surface area contributed by atoms with Crippen molar-refractivity contribution in [3.63, 3.8) is 0 Å². The minimum absolute atomic E-state index is 0.0631. The van der Waals surface area contributed by atoms with Crippen molar-refractivity contribution in [2.75, 3.05) is 31.5 Å². The van der Waals surface area contributed by atoms with Crippen molar-refractivity contribution in [3.8, 4) is 28.9 Å². The number of pyridine rings is 1. The third kappa shape index (κ3) is 8.29. The molecule has 46 heavy (non-hydrogen) atoms. The number of sulfonamides is 1. The molecule has 14 heteroatoms. The Labute approximate surface area is 264 Å². The number of rotatable bonds is 12. The lowest BCUT2D eigenvalue weighted by atomic mass is 10.0. The molecule has 5 rings (SSSR count). The number of aromatic nitrogens is 1. The van der Waals surface area contributed by atoms with Crippen molar-refractivity contribution in [1.29, 1.82) is 0 Å². The van der Waals surface area contributed by atoms with Gasteiger partial charge in [0.2, 0.25) is 5.88 Å². The van der Waals surface area contributed by atoms with E-state index in [9.17, 15) is 21.6 Å². The molecule has 1 atom stereocenters. The molecular formula is C32H33F4N3O6S. The van der Waals surface area contributed by atoms with Crippen LogP contribution in [0.2, 0.25) is 0 Å². The quantitative estimate of drug-likeness (QED) is 0.123. The Balaban J connectivity index is 1.27. The third-order valence-corrected chi connectivity index (χ3v) is 8.92. The van der Waals surface area contributed by atoms with Crippen LogP contribution in [0.15, 0.2) is 71.6 Å². The highest BCUT2D eigenvalue weighted by molar-refractivity contribution is 7.92.